The van der Waals surface area contributed by atoms with E-state index in [2.05, 4.69) is 46.6 Å². The lowest BCUT2D eigenvalue weighted by Gasteiger charge is -2.33. The minimum absolute atomic E-state index is 0.0642. The number of ether oxygens (including phenoxy) is 1. The van der Waals surface area contributed by atoms with Gasteiger partial charge in [0, 0.05) is 69.2 Å². The van der Waals surface area contributed by atoms with E-state index < -0.39 is 47.7 Å². The van der Waals surface area contributed by atoms with Gasteiger partial charge >= 0.3 is 0 Å². The molecular formula is C46H49F2N11O7. The summed E-state index contributed by atoms with van der Waals surface area (Å²) in [5, 5.41) is 18.9. The highest BCUT2D eigenvalue weighted by molar-refractivity contribution is 6.25. The molecule has 3 aliphatic heterocycles. The van der Waals surface area contributed by atoms with Gasteiger partial charge in [-0.3, -0.25) is 34.2 Å². The molecule has 5 N–H and O–H groups in total. The Morgan fingerprint density at radius 2 is 1.77 bits per heavy atom. The Balaban J connectivity index is 0.681. The fourth-order valence-corrected chi connectivity index (χ4v) is 8.30. The van der Waals surface area contributed by atoms with Gasteiger partial charge in [-0.1, -0.05) is 18.2 Å². The first kappa shape index (κ1) is 44.3. The normalized spacial score (nSPS) is 17.9. The van der Waals surface area contributed by atoms with E-state index in [9.17, 15) is 32.8 Å². The Morgan fingerprint density at radius 1 is 0.955 bits per heavy atom. The topological polar surface area (TPSA) is 218 Å². The van der Waals surface area contributed by atoms with Crippen LogP contribution < -0.4 is 26.6 Å². The van der Waals surface area contributed by atoms with E-state index in [0.29, 0.717) is 55.0 Å². The number of anilines is 3. The molecule has 6 heterocycles. The second-order valence-corrected chi connectivity index (χ2v) is 16.8. The Hall–Kier alpha value is -6.90. The first-order valence-corrected chi connectivity index (χ1v) is 22.1. The fraction of sp³-hybridized carbons (Fsp3) is 0.391. The number of imide groups is 2. The third-order valence-corrected chi connectivity index (χ3v) is 12.1. The Morgan fingerprint density at radius 3 is 2.55 bits per heavy atom. The number of oxazole rings is 1. The maximum atomic E-state index is 14.1. The predicted molar refractivity (Wildman–Crippen MR) is 236 cm³/mol. The number of alkyl halides is 2. The molecule has 5 amide bonds. The predicted octanol–water partition coefficient (Wildman–Crippen LogP) is 5.02. The van der Waals surface area contributed by atoms with Gasteiger partial charge in [0.2, 0.25) is 17.7 Å². The van der Waals surface area contributed by atoms with Gasteiger partial charge < -0.3 is 35.3 Å². The molecule has 1 unspecified atom stereocenters. The van der Waals surface area contributed by atoms with E-state index >= 15 is 0 Å². The molecular weight excluding hydrogens is 857 g/mol. The van der Waals surface area contributed by atoms with Crippen LogP contribution in [0.15, 0.2) is 77.7 Å². The van der Waals surface area contributed by atoms with Crippen molar-refractivity contribution in [2.24, 2.45) is 5.92 Å². The number of pyridine rings is 1. The third kappa shape index (κ3) is 10.1. The molecule has 20 heteroatoms. The van der Waals surface area contributed by atoms with Gasteiger partial charge in [0.05, 0.1) is 41.9 Å². The molecule has 2 saturated heterocycles. The second kappa shape index (κ2) is 19.7. The molecule has 0 bridgehead atoms. The highest BCUT2D eigenvalue weighted by Crippen LogP contribution is 2.34. The summed E-state index contributed by atoms with van der Waals surface area (Å²) in [4.78, 5) is 75.8. The number of carbonyl (C=O) groups excluding carboxylic acids is 5. The minimum atomic E-state index is -2.94. The molecule has 5 aromatic rings. The number of hydrogen-bond donors (Lipinski definition) is 5. The lowest BCUT2D eigenvalue weighted by Crippen LogP contribution is -2.54. The number of likely N-dealkylation sites (tertiary alicyclic amines) is 1. The zero-order valence-electron chi connectivity index (χ0n) is 35.9. The van der Waals surface area contributed by atoms with Gasteiger partial charge in [-0.2, -0.15) is 5.10 Å². The summed E-state index contributed by atoms with van der Waals surface area (Å²) in [7, 11) is 0. The maximum absolute atomic E-state index is 14.1. The SMILES string of the molecule is O=C1CCC(N2C(=O)c3cccc(NC4CCN(CCOCCNCc5ccc(-n6cc(NC(=O)c7coc(-c8ccnc(NCC9CC9)c8)n7)c(C(F)F)n6)cc5)CC4)c3C2=O)C(=O)N1. The minimum Gasteiger partial charge on any atom is -0.444 e. The molecule has 18 nitrogen and oxygen atoms in total. The quantitative estimate of drug-likeness (QED) is 0.0544. The van der Waals surface area contributed by atoms with Gasteiger partial charge in [0.25, 0.3) is 24.1 Å². The number of hydrogen-bond acceptors (Lipinski definition) is 14. The van der Waals surface area contributed by atoms with Crippen molar-refractivity contribution in [1.29, 1.82) is 0 Å². The number of aromatic nitrogens is 4. The van der Waals surface area contributed by atoms with Crippen LogP contribution in [0.1, 0.15) is 87.4 Å². The van der Waals surface area contributed by atoms with Crippen molar-refractivity contribution in [3.63, 3.8) is 0 Å². The average Bonchev–Trinajstić information content (AvgIpc) is 3.72. The van der Waals surface area contributed by atoms with Crippen molar-refractivity contribution < 1.29 is 41.9 Å². The summed E-state index contributed by atoms with van der Waals surface area (Å²) in [5.41, 5.74) is 2.40. The van der Waals surface area contributed by atoms with Crippen LogP contribution in [0, 0.1) is 5.92 Å². The van der Waals surface area contributed by atoms with Crippen molar-refractivity contribution in [3.8, 4) is 17.1 Å². The van der Waals surface area contributed by atoms with Crippen molar-refractivity contribution in [2.75, 3.05) is 61.9 Å². The van der Waals surface area contributed by atoms with Gasteiger partial charge in [0.1, 0.15) is 18.1 Å². The molecule has 0 radical (unpaired) electrons. The molecule has 1 aliphatic carbocycles. The van der Waals surface area contributed by atoms with E-state index in [0.717, 1.165) is 49.5 Å². The number of benzene rings is 2. The highest BCUT2D eigenvalue weighted by Gasteiger charge is 2.46. The summed E-state index contributed by atoms with van der Waals surface area (Å²) < 4.78 is 40.9. The van der Waals surface area contributed by atoms with E-state index in [1.165, 1.54) is 30.0 Å². The molecule has 1 atom stereocenters. The summed E-state index contributed by atoms with van der Waals surface area (Å²) in [6.45, 7) is 5.49. The summed E-state index contributed by atoms with van der Waals surface area (Å²) in [5.74, 6) is -1.30. The number of rotatable bonds is 19. The summed E-state index contributed by atoms with van der Waals surface area (Å²) in [6.07, 6.45) is 5.42. The van der Waals surface area contributed by atoms with E-state index in [-0.39, 0.29) is 47.3 Å². The van der Waals surface area contributed by atoms with Crippen molar-refractivity contribution in [2.45, 2.75) is 63.6 Å². The summed E-state index contributed by atoms with van der Waals surface area (Å²) >= 11 is 0. The maximum Gasteiger partial charge on any atom is 0.284 e. The summed E-state index contributed by atoms with van der Waals surface area (Å²) in [6, 6.07) is 14.9. The molecule has 3 aromatic heterocycles. The smallest absolute Gasteiger partial charge is 0.284 e. The molecule has 2 aromatic carbocycles. The molecule has 3 fully saturated rings. The average molecular weight is 906 g/mol. The van der Waals surface area contributed by atoms with Crippen LogP contribution in [-0.4, -0.2) is 117 Å². The second-order valence-electron chi connectivity index (χ2n) is 16.8. The van der Waals surface area contributed by atoms with Crippen LogP contribution in [0.3, 0.4) is 0 Å². The number of carbonyl (C=O) groups is 5. The van der Waals surface area contributed by atoms with E-state index in [1.54, 1.807) is 48.7 Å². The van der Waals surface area contributed by atoms with Crippen molar-refractivity contribution in [1.82, 2.24) is 40.2 Å². The van der Waals surface area contributed by atoms with Gasteiger partial charge in [-0.15, -0.1) is 0 Å². The number of halogens is 2. The van der Waals surface area contributed by atoms with Crippen LogP contribution in [0.2, 0.25) is 0 Å². The van der Waals surface area contributed by atoms with Crippen LogP contribution in [0.5, 0.6) is 0 Å². The molecule has 1 saturated carbocycles. The van der Waals surface area contributed by atoms with Crippen LogP contribution in [0.4, 0.5) is 26.0 Å². The number of amides is 5. The molecule has 66 heavy (non-hydrogen) atoms. The molecule has 9 rings (SSSR count). The Bertz CT molecular complexity index is 2610. The molecule has 0 spiro atoms. The number of piperidine rings is 2. The zero-order chi connectivity index (χ0) is 45.7. The van der Waals surface area contributed by atoms with Gasteiger partial charge in [0.15, 0.2) is 11.4 Å². The number of fused-ring (bicyclic) bond motifs is 1. The Kier molecular flexibility index (Phi) is 13.2. The zero-order valence-corrected chi connectivity index (χ0v) is 35.9. The van der Waals surface area contributed by atoms with Gasteiger partial charge in [-0.05, 0) is 80.0 Å². The monoisotopic (exact) mass is 905 g/mol. The lowest BCUT2D eigenvalue weighted by molar-refractivity contribution is -0.136. The van der Waals surface area contributed by atoms with Crippen LogP contribution in [0.25, 0.3) is 17.1 Å². The first-order chi connectivity index (χ1) is 32.1. The standard InChI is InChI=1S/C46H49F2N11O7/c47-41(48)40-34(53-42(61)35-26-66-44(54-35)29-12-15-50-37(22-29)51-24-28-4-5-28)25-58(56-40)31-8-6-27(7-9-31)23-49-16-20-65-21-19-57-17-13-30(14-18-57)52-33-3-1-2-32-39(33)46(64)59(45(32)63)36-10-11-38(60)55-43(36)62/h1-3,6-9,12,15,22,25-26,28,30,36,41,49,52H,4-5,10-11,13-14,16-21,23-24H2,(H,50,51)(H,53,61)(H,55,60,62). The van der Waals surface area contributed by atoms with Crippen LogP contribution in [-0.2, 0) is 20.9 Å². The third-order valence-electron chi connectivity index (χ3n) is 12.1. The Labute approximate surface area is 377 Å². The first-order valence-electron chi connectivity index (χ1n) is 22.1. The number of nitrogens with zero attached hydrogens (tertiary/aromatic N) is 6. The van der Waals surface area contributed by atoms with Crippen molar-refractivity contribution in [3.05, 3.63) is 101 Å². The largest absolute Gasteiger partial charge is 0.444 e. The fourth-order valence-electron chi connectivity index (χ4n) is 8.30. The van der Waals surface area contributed by atoms with Crippen LogP contribution >= 0.6 is 0 Å². The number of nitrogens with one attached hydrogen (secondary N) is 5. The molecule has 4 aliphatic rings. The van der Waals surface area contributed by atoms with Gasteiger partial charge in [-0.25, -0.2) is 23.4 Å². The highest BCUT2D eigenvalue weighted by atomic mass is 19.3. The molecule has 344 valence electrons. The van der Waals surface area contributed by atoms with E-state index in [1.807, 2.05) is 12.1 Å². The lowest BCUT2D eigenvalue weighted by atomic mass is 10.0. The van der Waals surface area contributed by atoms with Crippen molar-refractivity contribution >= 4 is 46.7 Å². The van der Waals surface area contributed by atoms with E-state index in [4.69, 9.17) is 9.15 Å².